The second-order valence-electron chi connectivity index (χ2n) is 3.05. The van der Waals surface area contributed by atoms with Gasteiger partial charge in [0.2, 0.25) is 0 Å². The zero-order valence-electron chi connectivity index (χ0n) is 7.81. The number of hydrogen-bond acceptors (Lipinski definition) is 3. The first-order valence-electron chi connectivity index (χ1n) is 4.39. The van der Waals surface area contributed by atoms with Crippen LogP contribution in [0.3, 0.4) is 0 Å². The summed E-state index contributed by atoms with van der Waals surface area (Å²) in [6, 6.07) is 7.31. The molecule has 0 spiro atoms. The number of carbonyl (C=O) groups excluding carboxylic acids is 1. The van der Waals surface area contributed by atoms with Crippen LogP contribution in [0.2, 0.25) is 5.02 Å². The largest absolute Gasteiger partial charge is 0.463 e. The minimum Gasteiger partial charge on any atom is -0.463 e. The predicted octanol–water partition coefficient (Wildman–Crippen LogP) is 2.56. The Bertz CT molecular complexity index is 499. The van der Waals surface area contributed by atoms with E-state index in [2.05, 4.69) is 9.72 Å². The third kappa shape index (κ3) is 2.07. The van der Waals surface area contributed by atoms with Crippen molar-refractivity contribution in [3.8, 4) is 0 Å². The highest BCUT2D eigenvalue weighted by Gasteiger charge is 2.01. The van der Waals surface area contributed by atoms with Crippen LogP contribution < -0.4 is 0 Å². The van der Waals surface area contributed by atoms with E-state index >= 15 is 0 Å². The number of ether oxygens (including phenoxy) is 1. The van der Waals surface area contributed by atoms with Crippen LogP contribution in [0.25, 0.3) is 10.9 Å². The smallest absolute Gasteiger partial charge is 0.293 e. The fraction of sp³-hybridized carbons (Fsp3) is 0.0909. The van der Waals surface area contributed by atoms with Crippen LogP contribution in [0.5, 0.6) is 0 Å². The molecule has 0 saturated heterocycles. The van der Waals surface area contributed by atoms with Gasteiger partial charge in [-0.15, -0.1) is 0 Å². The number of hydrogen-bond donors (Lipinski definition) is 0. The van der Waals surface area contributed by atoms with E-state index in [4.69, 9.17) is 11.6 Å². The van der Waals surface area contributed by atoms with E-state index in [0.717, 1.165) is 16.5 Å². The van der Waals surface area contributed by atoms with Gasteiger partial charge < -0.3 is 4.74 Å². The second kappa shape index (κ2) is 4.28. The third-order valence-electron chi connectivity index (χ3n) is 2.07. The maximum Gasteiger partial charge on any atom is 0.293 e. The summed E-state index contributed by atoms with van der Waals surface area (Å²) in [5, 5.41) is 1.51. The number of carbonyl (C=O) groups is 1. The van der Waals surface area contributed by atoms with Gasteiger partial charge in [-0.1, -0.05) is 17.7 Å². The van der Waals surface area contributed by atoms with Crippen molar-refractivity contribution < 1.29 is 9.53 Å². The first kappa shape index (κ1) is 9.93. The van der Waals surface area contributed by atoms with E-state index in [9.17, 15) is 4.79 Å². The molecule has 0 N–H and O–H groups in total. The van der Waals surface area contributed by atoms with Crippen molar-refractivity contribution in [2.75, 3.05) is 0 Å². The molecule has 1 heterocycles. The highest BCUT2D eigenvalue weighted by Crippen LogP contribution is 2.22. The molecular formula is C11H8ClNO2. The van der Waals surface area contributed by atoms with Gasteiger partial charge in [-0.25, -0.2) is 0 Å². The number of rotatable bonds is 3. The first-order valence-corrected chi connectivity index (χ1v) is 4.77. The van der Waals surface area contributed by atoms with E-state index in [1.54, 1.807) is 12.3 Å². The van der Waals surface area contributed by atoms with Gasteiger partial charge in [0, 0.05) is 11.6 Å². The summed E-state index contributed by atoms with van der Waals surface area (Å²) in [6.45, 7) is 0.680. The Labute approximate surface area is 91.6 Å². The van der Waals surface area contributed by atoms with Gasteiger partial charge in [-0.2, -0.15) is 0 Å². The lowest BCUT2D eigenvalue weighted by Gasteiger charge is -2.03. The van der Waals surface area contributed by atoms with Gasteiger partial charge in [0.05, 0.1) is 10.5 Å². The molecule has 4 heteroatoms. The molecule has 0 amide bonds. The topological polar surface area (TPSA) is 39.2 Å². The molecule has 15 heavy (non-hydrogen) atoms. The number of halogens is 1. The minimum atomic E-state index is 0.255. The molecule has 0 unspecified atom stereocenters. The number of benzene rings is 1. The van der Waals surface area contributed by atoms with Crippen LogP contribution in [-0.2, 0) is 16.1 Å². The Morgan fingerprint density at radius 2 is 2.27 bits per heavy atom. The lowest BCUT2D eigenvalue weighted by molar-refractivity contribution is -0.129. The number of aromatic nitrogens is 1. The average Bonchev–Trinajstić information content (AvgIpc) is 2.27. The summed E-state index contributed by atoms with van der Waals surface area (Å²) in [5.41, 5.74) is 1.72. The van der Waals surface area contributed by atoms with Crippen molar-refractivity contribution in [3.63, 3.8) is 0 Å². The van der Waals surface area contributed by atoms with Gasteiger partial charge in [-0.05, 0) is 23.8 Å². The average molecular weight is 222 g/mol. The molecule has 0 fully saturated rings. The molecule has 3 nitrogen and oxygen atoms in total. The highest BCUT2D eigenvalue weighted by atomic mass is 35.5. The molecule has 0 atom stereocenters. The molecule has 1 aromatic heterocycles. The van der Waals surface area contributed by atoms with E-state index in [0.29, 0.717) is 11.5 Å². The summed E-state index contributed by atoms with van der Waals surface area (Å²) < 4.78 is 4.66. The summed E-state index contributed by atoms with van der Waals surface area (Å²) >= 11 is 6.01. The Morgan fingerprint density at radius 3 is 3.07 bits per heavy atom. The molecule has 2 rings (SSSR count). The Morgan fingerprint density at radius 1 is 1.40 bits per heavy atom. The summed E-state index contributed by atoms with van der Waals surface area (Å²) in [6.07, 6.45) is 1.66. The van der Waals surface area contributed by atoms with Gasteiger partial charge in [0.15, 0.2) is 0 Å². The number of pyridine rings is 1. The van der Waals surface area contributed by atoms with Crippen LogP contribution in [0, 0.1) is 0 Å². The molecule has 1 aromatic carbocycles. The summed E-state index contributed by atoms with van der Waals surface area (Å²) in [4.78, 5) is 14.2. The fourth-order valence-corrected chi connectivity index (χ4v) is 1.59. The fourth-order valence-electron chi connectivity index (χ4n) is 1.38. The molecule has 0 radical (unpaired) electrons. The maximum atomic E-state index is 10.0. The van der Waals surface area contributed by atoms with Crippen molar-refractivity contribution in [2.45, 2.75) is 6.61 Å². The van der Waals surface area contributed by atoms with Crippen LogP contribution in [-0.4, -0.2) is 11.5 Å². The monoisotopic (exact) mass is 221 g/mol. The molecule has 76 valence electrons. The molecule has 0 saturated carbocycles. The Hall–Kier alpha value is -1.61. The van der Waals surface area contributed by atoms with Crippen molar-refractivity contribution in [1.82, 2.24) is 4.98 Å². The maximum absolute atomic E-state index is 10.0. The molecular weight excluding hydrogens is 214 g/mol. The summed E-state index contributed by atoms with van der Waals surface area (Å²) in [5.74, 6) is 0. The quantitative estimate of drug-likeness (QED) is 0.748. The standard InChI is InChI=1S/C11H8ClNO2/c12-10-3-4-13-11-2-1-8(5-9(10)11)6-15-7-14/h1-5,7H,6H2. The van der Waals surface area contributed by atoms with Crippen molar-refractivity contribution in [2.24, 2.45) is 0 Å². The van der Waals surface area contributed by atoms with E-state index in [1.165, 1.54) is 0 Å². The van der Waals surface area contributed by atoms with E-state index < -0.39 is 0 Å². The molecule has 0 aliphatic heterocycles. The Balaban J connectivity index is 2.45. The molecule has 0 bridgehead atoms. The van der Waals surface area contributed by atoms with Crippen LogP contribution in [0.1, 0.15) is 5.56 Å². The van der Waals surface area contributed by atoms with Crippen LogP contribution in [0.4, 0.5) is 0 Å². The zero-order valence-corrected chi connectivity index (χ0v) is 8.57. The zero-order chi connectivity index (χ0) is 10.7. The number of fused-ring (bicyclic) bond motifs is 1. The van der Waals surface area contributed by atoms with Gasteiger partial charge in [-0.3, -0.25) is 9.78 Å². The SMILES string of the molecule is O=COCc1ccc2nccc(Cl)c2c1. The molecule has 0 aliphatic carbocycles. The highest BCUT2D eigenvalue weighted by molar-refractivity contribution is 6.35. The van der Waals surface area contributed by atoms with E-state index in [1.807, 2.05) is 18.2 Å². The lowest BCUT2D eigenvalue weighted by Crippen LogP contribution is -1.90. The van der Waals surface area contributed by atoms with Crippen LogP contribution >= 0.6 is 11.6 Å². The third-order valence-corrected chi connectivity index (χ3v) is 2.40. The summed E-state index contributed by atoms with van der Waals surface area (Å²) in [7, 11) is 0. The predicted molar refractivity (Wildman–Crippen MR) is 57.6 cm³/mol. The molecule has 2 aromatic rings. The normalized spacial score (nSPS) is 10.2. The van der Waals surface area contributed by atoms with Crippen LogP contribution in [0.15, 0.2) is 30.5 Å². The second-order valence-corrected chi connectivity index (χ2v) is 3.46. The van der Waals surface area contributed by atoms with E-state index in [-0.39, 0.29) is 6.61 Å². The molecule has 0 aliphatic rings. The lowest BCUT2D eigenvalue weighted by atomic mass is 10.1. The minimum absolute atomic E-state index is 0.255. The Kier molecular flexibility index (Phi) is 2.83. The van der Waals surface area contributed by atoms with Crippen molar-refractivity contribution in [3.05, 3.63) is 41.0 Å². The van der Waals surface area contributed by atoms with Gasteiger partial charge in [0.25, 0.3) is 6.47 Å². The number of nitrogens with zero attached hydrogens (tertiary/aromatic N) is 1. The van der Waals surface area contributed by atoms with Crippen molar-refractivity contribution >= 4 is 29.0 Å². The first-order chi connectivity index (χ1) is 7.31. The van der Waals surface area contributed by atoms with Gasteiger partial charge >= 0.3 is 0 Å². The van der Waals surface area contributed by atoms with Gasteiger partial charge in [0.1, 0.15) is 6.61 Å². The van der Waals surface area contributed by atoms with Crippen molar-refractivity contribution in [1.29, 1.82) is 0 Å².